The number of methoxy groups -OCH3 is 2. The van der Waals surface area contributed by atoms with Crippen LogP contribution in [0.3, 0.4) is 0 Å². The first-order chi connectivity index (χ1) is 13.1. The number of para-hydroxylation sites is 1. The number of rotatable bonds is 6. The van der Waals surface area contributed by atoms with E-state index < -0.39 is 0 Å². The number of carbonyl (C=O) groups excluding carboxylic acids is 2. The number of amides is 1. The third-order valence-electron chi connectivity index (χ3n) is 3.96. The van der Waals surface area contributed by atoms with Gasteiger partial charge in [0.05, 0.1) is 26.2 Å². The third kappa shape index (κ3) is 4.36. The predicted octanol–water partition coefficient (Wildman–Crippen LogP) is 3.92. The van der Waals surface area contributed by atoms with Crippen molar-refractivity contribution in [3.05, 3.63) is 72.0 Å². The zero-order valence-corrected chi connectivity index (χ0v) is 15.0. The third-order valence-corrected chi connectivity index (χ3v) is 3.96. The molecule has 0 bridgehead atoms. The number of carbonyl (C=O) groups is 2. The zero-order chi connectivity index (χ0) is 19.2. The lowest BCUT2D eigenvalue weighted by molar-refractivity contribution is -0.139. The molecule has 3 rings (SSSR count). The molecule has 2 aromatic carbocycles. The second kappa shape index (κ2) is 8.23. The molecule has 138 valence electrons. The number of hydrogen-bond donors (Lipinski definition) is 1. The molecular weight excluding hydrogens is 346 g/mol. The molecule has 0 saturated heterocycles. The first-order valence-corrected chi connectivity index (χ1v) is 8.31. The van der Waals surface area contributed by atoms with Crippen LogP contribution in [0.25, 0.3) is 11.3 Å². The molecule has 0 aliphatic rings. The number of ether oxygens (including phenoxy) is 2. The lowest BCUT2D eigenvalue weighted by Crippen LogP contribution is -2.11. The highest BCUT2D eigenvalue weighted by atomic mass is 16.5. The van der Waals surface area contributed by atoms with Crippen LogP contribution in [0.2, 0.25) is 0 Å². The summed E-state index contributed by atoms with van der Waals surface area (Å²) in [6.07, 6.45) is 0.138. The molecule has 0 radical (unpaired) electrons. The highest BCUT2D eigenvalue weighted by molar-refractivity contribution is 6.02. The Morgan fingerprint density at radius 2 is 1.81 bits per heavy atom. The fraction of sp³-hybridized carbons (Fsp3) is 0.143. The lowest BCUT2D eigenvalue weighted by Gasteiger charge is -2.07. The van der Waals surface area contributed by atoms with Crippen LogP contribution in [0.5, 0.6) is 5.75 Å². The SMILES string of the molecule is COC(=O)Cc1cccc(NC(=O)c2ccc(-c3ccccc3OC)o2)c1. The summed E-state index contributed by atoms with van der Waals surface area (Å²) in [5.41, 5.74) is 2.07. The molecular formula is C21H19NO5. The predicted molar refractivity (Wildman–Crippen MR) is 101 cm³/mol. The molecule has 1 heterocycles. The molecule has 0 unspecified atom stereocenters. The highest BCUT2D eigenvalue weighted by Gasteiger charge is 2.15. The maximum atomic E-state index is 12.5. The normalized spacial score (nSPS) is 10.3. The van der Waals surface area contributed by atoms with Crippen LogP contribution in [0.1, 0.15) is 16.1 Å². The van der Waals surface area contributed by atoms with Crippen molar-refractivity contribution in [2.24, 2.45) is 0 Å². The van der Waals surface area contributed by atoms with Crippen molar-refractivity contribution < 1.29 is 23.5 Å². The number of hydrogen-bond acceptors (Lipinski definition) is 5. The van der Waals surface area contributed by atoms with E-state index in [-0.39, 0.29) is 24.1 Å². The Labute approximate surface area is 156 Å². The number of furan rings is 1. The molecule has 1 N–H and O–H groups in total. The molecule has 0 atom stereocenters. The maximum absolute atomic E-state index is 12.5. The Balaban J connectivity index is 1.75. The largest absolute Gasteiger partial charge is 0.496 e. The monoisotopic (exact) mass is 365 g/mol. The zero-order valence-electron chi connectivity index (χ0n) is 15.0. The Kier molecular flexibility index (Phi) is 5.56. The maximum Gasteiger partial charge on any atom is 0.309 e. The minimum absolute atomic E-state index is 0.138. The second-order valence-electron chi connectivity index (χ2n) is 5.77. The van der Waals surface area contributed by atoms with Gasteiger partial charge in [0.15, 0.2) is 5.76 Å². The molecule has 6 nitrogen and oxygen atoms in total. The molecule has 0 fully saturated rings. The smallest absolute Gasteiger partial charge is 0.309 e. The molecule has 0 aliphatic heterocycles. The van der Waals surface area contributed by atoms with E-state index >= 15 is 0 Å². The fourth-order valence-corrected chi connectivity index (χ4v) is 2.64. The first kappa shape index (κ1) is 18.3. The van der Waals surface area contributed by atoms with Crippen molar-refractivity contribution in [1.29, 1.82) is 0 Å². The summed E-state index contributed by atoms with van der Waals surface area (Å²) in [6.45, 7) is 0. The van der Waals surface area contributed by atoms with E-state index in [9.17, 15) is 9.59 Å². The van der Waals surface area contributed by atoms with Gasteiger partial charge in [-0.1, -0.05) is 24.3 Å². The van der Waals surface area contributed by atoms with Crippen molar-refractivity contribution in [2.45, 2.75) is 6.42 Å². The van der Waals surface area contributed by atoms with Crippen molar-refractivity contribution >= 4 is 17.6 Å². The van der Waals surface area contributed by atoms with Crippen LogP contribution in [0.15, 0.2) is 65.1 Å². The van der Waals surface area contributed by atoms with E-state index in [4.69, 9.17) is 9.15 Å². The quantitative estimate of drug-likeness (QED) is 0.670. The fourth-order valence-electron chi connectivity index (χ4n) is 2.64. The van der Waals surface area contributed by atoms with Crippen LogP contribution in [-0.4, -0.2) is 26.1 Å². The van der Waals surface area contributed by atoms with Gasteiger partial charge in [0, 0.05) is 5.69 Å². The number of esters is 1. The van der Waals surface area contributed by atoms with E-state index in [1.165, 1.54) is 7.11 Å². The molecule has 1 aromatic heterocycles. The van der Waals surface area contributed by atoms with Gasteiger partial charge in [-0.3, -0.25) is 9.59 Å². The summed E-state index contributed by atoms with van der Waals surface area (Å²) in [5.74, 6) is 0.651. The van der Waals surface area contributed by atoms with Gasteiger partial charge in [-0.2, -0.15) is 0 Å². The van der Waals surface area contributed by atoms with Crippen molar-refractivity contribution in [3.8, 4) is 17.1 Å². The highest BCUT2D eigenvalue weighted by Crippen LogP contribution is 2.31. The minimum Gasteiger partial charge on any atom is -0.496 e. The molecule has 27 heavy (non-hydrogen) atoms. The van der Waals surface area contributed by atoms with E-state index in [0.717, 1.165) is 11.1 Å². The average molecular weight is 365 g/mol. The van der Waals surface area contributed by atoms with Gasteiger partial charge in [0.2, 0.25) is 0 Å². The van der Waals surface area contributed by atoms with Gasteiger partial charge in [0.1, 0.15) is 11.5 Å². The van der Waals surface area contributed by atoms with Crippen molar-refractivity contribution in [3.63, 3.8) is 0 Å². The molecule has 0 aliphatic carbocycles. The second-order valence-corrected chi connectivity index (χ2v) is 5.77. The lowest BCUT2D eigenvalue weighted by atomic mass is 10.1. The van der Waals surface area contributed by atoms with E-state index in [2.05, 4.69) is 10.1 Å². The summed E-state index contributed by atoms with van der Waals surface area (Å²) in [7, 11) is 2.92. The molecule has 1 amide bonds. The van der Waals surface area contributed by atoms with Gasteiger partial charge in [-0.15, -0.1) is 0 Å². The number of anilines is 1. The summed E-state index contributed by atoms with van der Waals surface area (Å²) in [5, 5.41) is 2.77. The van der Waals surface area contributed by atoms with E-state index in [0.29, 0.717) is 17.2 Å². The van der Waals surface area contributed by atoms with Crippen LogP contribution in [-0.2, 0) is 16.0 Å². The summed E-state index contributed by atoms with van der Waals surface area (Å²) in [4.78, 5) is 23.9. The Hall–Kier alpha value is -3.54. The van der Waals surface area contributed by atoms with E-state index in [1.807, 2.05) is 24.3 Å². The van der Waals surface area contributed by atoms with Gasteiger partial charge in [-0.25, -0.2) is 0 Å². The summed E-state index contributed by atoms with van der Waals surface area (Å²) >= 11 is 0. The summed E-state index contributed by atoms with van der Waals surface area (Å²) < 4.78 is 15.7. The first-order valence-electron chi connectivity index (χ1n) is 8.31. The topological polar surface area (TPSA) is 77.8 Å². The van der Waals surface area contributed by atoms with Crippen LogP contribution in [0.4, 0.5) is 5.69 Å². The van der Waals surface area contributed by atoms with E-state index in [1.54, 1.807) is 43.5 Å². The molecule has 0 saturated carbocycles. The van der Waals surface area contributed by atoms with Crippen molar-refractivity contribution in [2.75, 3.05) is 19.5 Å². The standard InChI is InChI=1S/C21H19NO5/c1-25-17-9-4-3-8-16(17)18-10-11-19(27-18)21(24)22-15-7-5-6-14(12-15)13-20(23)26-2/h3-12H,13H2,1-2H3,(H,22,24). The van der Waals surface area contributed by atoms with Crippen LogP contribution >= 0.6 is 0 Å². The van der Waals surface area contributed by atoms with Crippen LogP contribution in [0, 0.1) is 0 Å². The Morgan fingerprint density at radius 1 is 1.00 bits per heavy atom. The van der Waals surface area contributed by atoms with Gasteiger partial charge in [-0.05, 0) is 42.0 Å². The van der Waals surface area contributed by atoms with Crippen molar-refractivity contribution in [1.82, 2.24) is 0 Å². The van der Waals surface area contributed by atoms with Gasteiger partial charge in [0.25, 0.3) is 5.91 Å². The molecule has 6 heteroatoms. The number of nitrogens with one attached hydrogen (secondary N) is 1. The van der Waals surface area contributed by atoms with Gasteiger partial charge < -0.3 is 19.2 Å². The average Bonchev–Trinajstić information content (AvgIpc) is 3.18. The molecule has 0 spiro atoms. The van der Waals surface area contributed by atoms with Gasteiger partial charge >= 0.3 is 5.97 Å². The summed E-state index contributed by atoms with van der Waals surface area (Å²) in [6, 6.07) is 17.8. The number of benzene rings is 2. The minimum atomic E-state index is -0.383. The molecule has 3 aromatic rings. The Bertz CT molecular complexity index is 960. The Morgan fingerprint density at radius 3 is 2.59 bits per heavy atom. The van der Waals surface area contributed by atoms with Crippen LogP contribution < -0.4 is 10.1 Å².